The summed E-state index contributed by atoms with van der Waals surface area (Å²) in [5.41, 5.74) is 7.11. The molecule has 0 saturated heterocycles. The summed E-state index contributed by atoms with van der Waals surface area (Å²) >= 11 is 0. The molecule has 180 valence electrons. The number of aromatic nitrogens is 1. The molecule has 7 nitrogen and oxygen atoms in total. The van der Waals surface area contributed by atoms with Gasteiger partial charge in [-0.1, -0.05) is 39.8 Å². The molecule has 0 bridgehead atoms. The van der Waals surface area contributed by atoms with E-state index in [1.165, 1.54) is 18.3 Å². The molecule has 0 spiro atoms. The Labute approximate surface area is 200 Å². The highest BCUT2D eigenvalue weighted by molar-refractivity contribution is 7.85. The summed E-state index contributed by atoms with van der Waals surface area (Å²) in [7, 11) is -1.42. The van der Waals surface area contributed by atoms with Gasteiger partial charge in [0, 0.05) is 17.0 Å². The number of allylic oxidation sites excluding steroid dienone is 1. The van der Waals surface area contributed by atoms with Gasteiger partial charge in [-0.05, 0) is 63.1 Å². The predicted molar refractivity (Wildman–Crippen MR) is 136 cm³/mol. The first kappa shape index (κ1) is 30.0. The van der Waals surface area contributed by atoms with Gasteiger partial charge in [0.05, 0.1) is 21.3 Å². The zero-order valence-electron chi connectivity index (χ0n) is 20.6. The molecule has 0 aliphatic carbocycles. The van der Waals surface area contributed by atoms with Gasteiger partial charge in [0.25, 0.3) is 5.91 Å². The number of pyridine rings is 1. The standard InChI is InChI=1S/C18H19N3O3S.C5H11N.C2H6/c1-10(2)25(24)16-7-14(11(3)6-15(16)22)18(23)21-17-12(4)5-13(8-19)9-20-17;1-2-3-4-5-6;1-2/h5-7,9-10,22H,1-4H3,(H,20,21,23);2-3H,4-6H2,1H3;1-2H3/b;3-2+;. The van der Waals surface area contributed by atoms with Crippen molar-refractivity contribution in [3.8, 4) is 11.8 Å². The second kappa shape index (κ2) is 15.7. The minimum absolute atomic E-state index is 0.0891. The van der Waals surface area contributed by atoms with E-state index in [4.69, 9.17) is 11.0 Å². The lowest BCUT2D eigenvalue weighted by atomic mass is 10.1. The normalized spacial score (nSPS) is 11.0. The number of phenols is 1. The second-order valence-electron chi connectivity index (χ2n) is 7.08. The molecule has 0 radical (unpaired) electrons. The molecular formula is C25H36N4O3S. The van der Waals surface area contributed by atoms with E-state index in [1.807, 2.05) is 32.9 Å². The van der Waals surface area contributed by atoms with Crippen LogP contribution in [-0.4, -0.2) is 32.0 Å². The average molecular weight is 473 g/mol. The number of anilines is 1. The lowest BCUT2D eigenvalue weighted by Crippen LogP contribution is -2.16. The van der Waals surface area contributed by atoms with Crippen molar-refractivity contribution in [2.75, 3.05) is 11.9 Å². The molecule has 0 aliphatic heterocycles. The number of nitrogens with zero attached hydrogens (tertiary/aromatic N) is 2. The molecule has 1 aromatic carbocycles. The Kier molecular flexibility index (Phi) is 14.3. The van der Waals surface area contributed by atoms with Gasteiger partial charge < -0.3 is 16.2 Å². The highest BCUT2D eigenvalue weighted by Crippen LogP contribution is 2.27. The SMILES string of the molecule is C/C=C/CCN.CC.Cc1cc(O)c(S(=O)C(C)C)cc1C(=O)Nc1ncc(C#N)cc1C. The number of nitrogens with two attached hydrogens (primary N) is 1. The Morgan fingerprint density at radius 3 is 2.36 bits per heavy atom. The third kappa shape index (κ3) is 9.56. The number of aryl methyl sites for hydroxylation is 2. The van der Waals surface area contributed by atoms with Crippen LogP contribution in [0.2, 0.25) is 0 Å². The smallest absolute Gasteiger partial charge is 0.257 e. The lowest BCUT2D eigenvalue weighted by Gasteiger charge is -2.13. The van der Waals surface area contributed by atoms with Crippen molar-refractivity contribution in [2.24, 2.45) is 5.73 Å². The lowest BCUT2D eigenvalue weighted by molar-refractivity contribution is 0.102. The summed E-state index contributed by atoms with van der Waals surface area (Å²) in [6.45, 7) is 13.8. The number of carbonyl (C=O) groups excluding carboxylic acids is 1. The Balaban J connectivity index is 0.00000111. The fourth-order valence-corrected chi connectivity index (χ4v) is 3.54. The fourth-order valence-electron chi connectivity index (χ4n) is 2.54. The van der Waals surface area contributed by atoms with Gasteiger partial charge in [0.15, 0.2) is 0 Å². The van der Waals surface area contributed by atoms with Crippen LogP contribution in [0.15, 0.2) is 41.4 Å². The maximum Gasteiger partial charge on any atom is 0.257 e. The third-order valence-corrected chi connectivity index (χ3v) is 5.82. The van der Waals surface area contributed by atoms with Crippen LogP contribution in [0.5, 0.6) is 5.75 Å². The van der Waals surface area contributed by atoms with Crippen LogP contribution in [0.4, 0.5) is 5.82 Å². The van der Waals surface area contributed by atoms with E-state index in [2.05, 4.69) is 16.4 Å². The first-order valence-electron chi connectivity index (χ1n) is 10.9. The first-order valence-corrected chi connectivity index (χ1v) is 12.1. The third-order valence-electron chi connectivity index (χ3n) is 4.20. The van der Waals surface area contributed by atoms with E-state index >= 15 is 0 Å². The summed E-state index contributed by atoms with van der Waals surface area (Å²) in [6, 6.07) is 6.51. The van der Waals surface area contributed by atoms with Crippen molar-refractivity contribution in [2.45, 2.75) is 65.0 Å². The fraction of sp³-hybridized carbons (Fsp3) is 0.400. The maximum atomic E-state index is 12.6. The van der Waals surface area contributed by atoms with E-state index in [0.717, 1.165) is 13.0 Å². The van der Waals surface area contributed by atoms with E-state index in [9.17, 15) is 14.1 Å². The summed E-state index contributed by atoms with van der Waals surface area (Å²) in [6.07, 6.45) is 6.45. The van der Waals surface area contributed by atoms with Crippen LogP contribution in [0.25, 0.3) is 0 Å². The van der Waals surface area contributed by atoms with Crippen molar-refractivity contribution in [3.05, 3.63) is 58.8 Å². The number of hydrogen-bond acceptors (Lipinski definition) is 6. The van der Waals surface area contributed by atoms with E-state index in [1.54, 1.807) is 33.8 Å². The molecule has 1 atom stereocenters. The largest absolute Gasteiger partial charge is 0.507 e. The van der Waals surface area contributed by atoms with Gasteiger partial charge in [0.2, 0.25) is 0 Å². The number of amides is 1. The van der Waals surface area contributed by atoms with Crippen LogP contribution in [0, 0.1) is 25.2 Å². The van der Waals surface area contributed by atoms with Gasteiger partial charge in [0.1, 0.15) is 17.6 Å². The number of rotatable bonds is 6. The summed E-state index contributed by atoms with van der Waals surface area (Å²) in [5, 5.41) is 21.4. The maximum absolute atomic E-state index is 12.6. The number of carbonyl (C=O) groups is 1. The molecule has 4 N–H and O–H groups in total. The monoisotopic (exact) mass is 472 g/mol. The quantitative estimate of drug-likeness (QED) is 0.508. The van der Waals surface area contributed by atoms with Crippen molar-refractivity contribution in [3.63, 3.8) is 0 Å². The van der Waals surface area contributed by atoms with Crippen LogP contribution < -0.4 is 11.1 Å². The zero-order chi connectivity index (χ0) is 25.6. The molecule has 0 fully saturated rings. The molecule has 1 amide bonds. The van der Waals surface area contributed by atoms with E-state index < -0.39 is 16.7 Å². The molecule has 33 heavy (non-hydrogen) atoms. The summed E-state index contributed by atoms with van der Waals surface area (Å²) in [4.78, 5) is 16.9. The minimum atomic E-state index is -1.42. The van der Waals surface area contributed by atoms with Gasteiger partial charge >= 0.3 is 0 Å². The number of aromatic hydroxyl groups is 1. The number of hydrogen-bond donors (Lipinski definition) is 3. The van der Waals surface area contributed by atoms with E-state index in [0.29, 0.717) is 28.1 Å². The molecule has 0 aliphatic rings. The molecule has 8 heteroatoms. The number of nitriles is 1. The molecule has 1 unspecified atom stereocenters. The van der Waals surface area contributed by atoms with Gasteiger partial charge in [-0.25, -0.2) is 4.98 Å². The second-order valence-corrected chi connectivity index (χ2v) is 9.06. The molecule has 2 rings (SSSR count). The topological polar surface area (TPSA) is 129 Å². The molecular weight excluding hydrogens is 436 g/mol. The minimum Gasteiger partial charge on any atom is -0.507 e. The van der Waals surface area contributed by atoms with Crippen LogP contribution in [0.3, 0.4) is 0 Å². The molecule has 2 aromatic rings. The molecule has 1 aromatic heterocycles. The van der Waals surface area contributed by atoms with Crippen LogP contribution in [0.1, 0.15) is 68.1 Å². The van der Waals surface area contributed by atoms with E-state index in [-0.39, 0.29) is 15.9 Å². The Bertz CT molecular complexity index is 1010. The zero-order valence-corrected chi connectivity index (χ0v) is 21.4. The predicted octanol–water partition coefficient (Wildman–Crippen LogP) is 4.98. The number of benzene rings is 1. The van der Waals surface area contributed by atoms with Crippen molar-refractivity contribution in [1.29, 1.82) is 5.26 Å². The van der Waals surface area contributed by atoms with Crippen molar-refractivity contribution in [1.82, 2.24) is 4.98 Å². The average Bonchev–Trinajstić information content (AvgIpc) is 2.80. The number of phenolic OH excluding ortho intramolecular Hbond substituents is 1. The van der Waals surface area contributed by atoms with Crippen molar-refractivity contribution < 1.29 is 14.1 Å². The van der Waals surface area contributed by atoms with Crippen molar-refractivity contribution >= 4 is 22.5 Å². The molecule has 1 heterocycles. The van der Waals surface area contributed by atoms with Gasteiger partial charge in [-0.2, -0.15) is 5.26 Å². The Morgan fingerprint density at radius 1 is 1.27 bits per heavy atom. The Morgan fingerprint density at radius 2 is 1.91 bits per heavy atom. The highest BCUT2D eigenvalue weighted by atomic mass is 32.2. The molecule has 0 saturated carbocycles. The van der Waals surface area contributed by atoms with Gasteiger partial charge in [-0.15, -0.1) is 0 Å². The van der Waals surface area contributed by atoms with Crippen LogP contribution >= 0.6 is 0 Å². The summed E-state index contributed by atoms with van der Waals surface area (Å²) in [5.74, 6) is -0.156. The Hall–Kier alpha value is -3.02. The van der Waals surface area contributed by atoms with Crippen LogP contribution in [-0.2, 0) is 10.8 Å². The first-order chi connectivity index (χ1) is 15.7. The summed E-state index contributed by atoms with van der Waals surface area (Å²) < 4.78 is 12.3. The van der Waals surface area contributed by atoms with Gasteiger partial charge in [-0.3, -0.25) is 9.00 Å². The highest BCUT2D eigenvalue weighted by Gasteiger charge is 2.19. The number of nitrogens with one attached hydrogen (secondary N) is 1.